The van der Waals surface area contributed by atoms with Crippen LogP contribution in [0.5, 0.6) is 0 Å². The first-order valence-electron chi connectivity index (χ1n) is 4.66. The first kappa shape index (κ1) is 11.9. The van der Waals surface area contributed by atoms with Gasteiger partial charge in [-0.25, -0.2) is 0 Å². The lowest BCUT2D eigenvalue weighted by atomic mass is 10.1. The van der Waals surface area contributed by atoms with Crippen molar-refractivity contribution in [3.05, 3.63) is 29.3 Å². The number of ether oxygens (including phenoxy) is 1. The minimum atomic E-state index is -0.125. The molecule has 4 heteroatoms. The smallest absolute Gasteiger partial charge is 0.309 e. The molecule has 0 aliphatic heterocycles. The lowest BCUT2D eigenvalue weighted by molar-refractivity contribution is -0.145. The van der Waals surface area contributed by atoms with Crippen molar-refractivity contribution in [1.82, 2.24) is 0 Å². The van der Waals surface area contributed by atoms with Crippen molar-refractivity contribution < 1.29 is 9.53 Å². The van der Waals surface area contributed by atoms with Gasteiger partial charge in [0, 0.05) is 5.69 Å². The highest BCUT2D eigenvalue weighted by Crippen LogP contribution is 2.28. The number of nitrogen functional groups attached to an aromatic ring is 1. The Labute approximate surface area is 95.0 Å². The summed E-state index contributed by atoms with van der Waals surface area (Å²) >= 11 is 0. The molecule has 0 saturated heterocycles. The Morgan fingerprint density at radius 3 is 2.73 bits per heavy atom. The van der Waals surface area contributed by atoms with Crippen LogP contribution in [0.4, 0.5) is 5.69 Å². The van der Waals surface area contributed by atoms with Gasteiger partial charge in [-0.1, -0.05) is 6.07 Å². The minimum Gasteiger partial charge on any atom is -0.469 e. The molecule has 1 aromatic rings. The first-order chi connectivity index (χ1) is 6.70. The Morgan fingerprint density at radius 2 is 2.07 bits per heavy atom. The number of methoxy groups -OCH3 is 1. The Morgan fingerprint density at radius 1 is 1.40 bits per heavy atom. The average molecular weight is 228 g/mol. The van der Waals surface area contributed by atoms with E-state index < -0.39 is 0 Å². The topological polar surface area (TPSA) is 52.3 Å². The Bertz CT molecular complexity index is 379. The molecule has 1 aliphatic rings. The van der Waals surface area contributed by atoms with E-state index in [2.05, 4.69) is 0 Å². The predicted octanol–water partition coefficient (Wildman–Crippen LogP) is 1.58. The maximum atomic E-state index is 11.3. The molecular formula is C11H14ClNO2. The highest BCUT2D eigenvalue weighted by atomic mass is 35.5. The van der Waals surface area contributed by atoms with Crippen LogP contribution >= 0.6 is 12.4 Å². The van der Waals surface area contributed by atoms with Crippen molar-refractivity contribution in [3.8, 4) is 0 Å². The van der Waals surface area contributed by atoms with Crippen LogP contribution in [0.1, 0.15) is 11.1 Å². The molecule has 0 amide bonds. The quantitative estimate of drug-likeness (QED) is 0.586. The molecule has 1 aliphatic carbocycles. The van der Waals surface area contributed by atoms with Crippen LogP contribution in [0.3, 0.4) is 0 Å². The number of rotatable bonds is 1. The molecule has 2 N–H and O–H groups in total. The molecule has 0 unspecified atom stereocenters. The number of hydrogen-bond donors (Lipinski definition) is 1. The fourth-order valence-electron chi connectivity index (χ4n) is 1.97. The predicted molar refractivity (Wildman–Crippen MR) is 61.0 cm³/mol. The second kappa shape index (κ2) is 4.53. The molecule has 0 heterocycles. The largest absolute Gasteiger partial charge is 0.469 e. The van der Waals surface area contributed by atoms with Gasteiger partial charge < -0.3 is 10.5 Å². The van der Waals surface area contributed by atoms with Crippen molar-refractivity contribution in [3.63, 3.8) is 0 Å². The minimum absolute atomic E-state index is 0. The Balaban J connectivity index is 0.00000112. The summed E-state index contributed by atoms with van der Waals surface area (Å²) in [6.07, 6.45) is 1.54. The molecule has 15 heavy (non-hydrogen) atoms. The molecule has 0 saturated carbocycles. The number of benzene rings is 1. The summed E-state index contributed by atoms with van der Waals surface area (Å²) in [6.45, 7) is 0. The van der Waals surface area contributed by atoms with Gasteiger partial charge in [-0.2, -0.15) is 0 Å². The number of hydrogen-bond acceptors (Lipinski definition) is 3. The highest BCUT2D eigenvalue weighted by Gasteiger charge is 2.27. The van der Waals surface area contributed by atoms with Crippen LogP contribution in [-0.2, 0) is 22.4 Å². The summed E-state index contributed by atoms with van der Waals surface area (Å²) in [4.78, 5) is 11.3. The summed E-state index contributed by atoms with van der Waals surface area (Å²) in [5.74, 6) is -0.142. The van der Waals surface area contributed by atoms with Crippen LogP contribution < -0.4 is 5.73 Å². The van der Waals surface area contributed by atoms with Crippen LogP contribution in [0.25, 0.3) is 0 Å². The zero-order chi connectivity index (χ0) is 10.1. The molecule has 82 valence electrons. The SMILES string of the molecule is COC(=O)[C@@H]1Cc2ccc(N)cc2C1.Cl. The second-order valence-electron chi connectivity index (χ2n) is 3.66. The summed E-state index contributed by atoms with van der Waals surface area (Å²) in [5, 5.41) is 0. The van der Waals surface area contributed by atoms with Crippen molar-refractivity contribution >= 4 is 24.1 Å². The number of carbonyl (C=O) groups excluding carboxylic acids is 1. The molecule has 0 spiro atoms. The van der Waals surface area contributed by atoms with E-state index in [0.29, 0.717) is 0 Å². The number of halogens is 1. The van der Waals surface area contributed by atoms with Crippen molar-refractivity contribution in [1.29, 1.82) is 0 Å². The van der Waals surface area contributed by atoms with Gasteiger partial charge in [0.2, 0.25) is 0 Å². The van der Waals surface area contributed by atoms with Crippen LogP contribution in [0, 0.1) is 5.92 Å². The van der Waals surface area contributed by atoms with E-state index in [0.717, 1.165) is 18.5 Å². The third kappa shape index (κ3) is 2.23. The van der Waals surface area contributed by atoms with Crippen LogP contribution in [0.15, 0.2) is 18.2 Å². The van der Waals surface area contributed by atoms with Crippen molar-refractivity contribution in [2.24, 2.45) is 5.92 Å². The Kier molecular flexibility index (Phi) is 3.58. The number of carbonyl (C=O) groups is 1. The fraction of sp³-hybridized carbons (Fsp3) is 0.364. The number of nitrogens with two attached hydrogens (primary N) is 1. The van der Waals surface area contributed by atoms with E-state index in [-0.39, 0.29) is 24.3 Å². The van der Waals surface area contributed by atoms with Gasteiger partial charge in [0.05, 0.1) is 13.0 Å². The molecule has 1 atom stereocenters. The van der Waals surface area contributed by atoms with Gasteiger partial charge in [0.25, 0.3) is 0 Å². The van der Waals surface area contributed by atoms with Crippen molar-refractivity contribution in [2.45, 2.75) is 12.8 Å². The van der Waals surface area contributed by atoms with E-state index in [9.17, 15) is 4.79 Å². The summed E-state index contributed by atoms with van der Waals surface area (Å²) < 4.78 is 4.73. The molecule has 0 bridgehead atoms. The molecule has 3 nitrogen and oxygen atoms in total. The summed E-state index contributed by atoms with van der Waals surface area (Å²) in [6, 6.07) is 5.81. The van der Waals surface area contributed by atoms with Gasteiger partial charge >= 0.3 is 5.97 Å². The fourth-order valence-corrected chi connectivity index (χ4v) is 1.97. The van der Waals surface area contributed by atoms with Crippen LogP contribution in [0.2, 0.25) is 0 Å². The number of fused-ring (bicyclic) bond motifs is 1. The van der Waals surface area contributed by atoms with Gasteiger partial charge in [0.1, 0.15) is 0 Å². The van der Waals surface area contributed by atoms with Gasteiger partial charge in [-0.3, -0.25) is 4.79 Å². The van der Waals surface area contributed by atoms with E-state index in [1.807, 2.05) is 18.2 Å². The molecule has 0 radical (unpaired) electrons. The highest BCUT2D eigenvalue weighted by molar-refractivity contribution is 5.85. The third-order valence-corrected chi connectivity index (χ3v) is 2.70. The maximum Gasteiger partial charge on any atom is 0.309 e. The van der Waals surface area contributed by atoms with E-state index in [1.54, 1.807) is 0 Å². The van der Waals surface area contributed by atoms with Crippen molar-refractivity contribution in [2.75, 3.05) is 12.8 Å². The molecule has 1 aromatic carbocycles. The van der Waals surface area contributed by atoms with E-state index in [4.69, 9.17) is 10.5 Å². The van der Waals surface area contributed by atoms with Gasteiger partial charge in [0.15, 0.2) is 0 Å². The van der Waals surface area contributed by atoms with E-state index in [1.165, 1.54) is 18.2 Å². The second-order valence-corrected chi connectivity index (χ2v) is 3.66. The average Bonchev–Trinajstić information content (AvgIpc) is 2.59. The molecule has 0 aromatic heterocycles. The number of esters is 1. The van der Waals surface area contributed by atoms with Gasteiger partial charge in [-0.05, 0) is 36.1 Å². The van der Waals surface area contributed by atoms with E-state index >= 15 is 0 Å². The summed E-state index contributed by atoms with van der Waals surface area (Å²) in [5.41, 5.74) is 8.83. The standard InChI is InChI=1S/C11H13NO2.ClH/c1-14-11(13)9-4-7-2-3-10(12)6-8(7)5-9;/h2-3,6,9H,4-5,12H2,1H3;1H/t9-;/m1./s1. The normalized spacial score (nSPS) is 17.8. The van der Waals surface area contributed by atoms with Gasteiger partial charge in [-0.15, -0.1) is 12.4 Å². The van der Waals surface area contributed by atoms with Crippen LogP contribution in [-0.4, -0.2) is 13.1 Å². The Hall–Kier alpha value is -1.22. The third-order valence-electron chi connectivity index (χ3n) is 2.70. The lowest BCUT2D eigenvalue weighted by Gasteiger charge is -2.04. The first-order valence-corrected chi connectivity index (χ1v) is 4.66. The monoisotopic (exact) mass is 227 g/mol. The maximum absolute atomic E-state index is 11.3. The lowest BCUT2D eigenvalue weighted by Crippen LogP contribution is -2.15. The molecule has 0 fully saturated rings. The molecule has 2 rings (SSSR count). The number of anilines is 1. The zero-order valence-corrected chi connectivity index (χ0v) is 9.34. The molecular weight excluding hydrogens is 214 g/mol. The zero-order valence-electron chi connectivity index (χ0n) is 8.53. The summed E-state index contributed by atoms with van der Waals surface area (Å²) in [7, 11) is 1.43.